The Hall–Kier alpha value is -1.10. The number of hydrogen-bond acceptors (Lipinski definition) is 4. The van der Waals surface area contributed by atoms with E-state index in [2.05, 4.69) is 0 Å². The Kier molecular flexibility index (Phi) is 5.61. The van der Waals surface area contributed by atoms with Crippen molar-refractivity contribution in [2.24, 2.45) is 5.73 Å². The van der Waals surface area contributed by atoms with Crippen LogP contribution in [0.5, 0.6) is 0 Å². The number of nitrogens with two attached hydrogens (primary N) is 1. The number of ether oxygens (including phenoxy) is 1. The van der Waals surface area contributed by atoms with Gasteiger partial charge in [0.15, 0.2) is 0 Å². The summed E-state index contributed by atoms with van der Waals surface area (Å²) in [6.07, 6.45) is 0. The number of primary amides is 1. The summed E-state index contributed by atoms with van der Waals surface area (Å²) in [5.74, 6) is -0.790. The standard InChI is InChI=1S/C12H24N2O3/c1-8(2)14(7-10(13)15)9(3)11(16)17-12(4,5)6/h8-9H,7H2,1-6H3,(H2,13,15). The lowest BCUT2D eigenvalue weighted by Crippen LogP contribution is -2.49. The van der Waals surface area contributed by atoms with Crippen LogP contribution in [-0.4, -0.2) is 41.0 Å². The van der Waals surface area contributed by atoms with E-state index < -0.39 is 17.6 Å². The Labute approximate surface area is 103 Å². The van der Waals surface area contributed by atoms with Crippen LogP contribution < -0.4 is 5.73 Å². The van der Waals surface area contributed by atoms with Gasteiger partial charge in [-0.1, -0.05) is 0 Å². The molecule has 1 unspecified atom stereocenters. The highest BCUT2D eigenvalue weighted by atomic mass is 16.6. The molecule has 1 atom stereocenters. The average Bonchev–Trinajstić information content (AvgIpc) is 2.09. The largest absolute Gasteiger partial charge is 0.459 e. The molecule has 100 valence electrons. The first-order valence-corrected chi connectivity index (χ1v) is 5.81. The number of amides is 1. The average molecular weight is 244 g/mol. The number of hydrogen-bond donors (Lipinski definition) is 1. The fraction of sp³-hybridized carbons (Fsp3) is 0.833. The van der Waals surface area contributed by atoms with Crippen LogP contribution in [0.25, 0.3) is 0 Å². The lowest BCUT2D eigenvalue weighted by atomic mass is 10.1. The van der Waals surface area contributed by atoms with Crippen LogP contribution in [0.4, 0.5) is 0 Å². The molecule has 0 aliphatic carbocycles. The van der Waals surface area contributed by atoms with Gasteiger partial charge < -0.3 is 10.5 Å². The molecule has 0 heterocycles. The molecule has 0 saturated heterocycles. The second-order valence-corrected chi connectivity index (χ2v) is 5.44. The molecule has 0 aromatic carbocycles. The fourth-order valence-corrected chi connectivity index (χ4v) is 1.47. The van der Waals surface area contributed by atoms with Gasteiger partial charge in [-0.25, -0.2) is 0 Å². The van der Waals surface area contributed by atoms with Crippen LogP contribution in [0.1, 0.15) is 41.5 Å². The van der Waals surface area contributed by atoms with Crippen molar-refractivity contribution in [2.75, 3.05) is 6.54 Å². The summed E-state index contributed by atoms with van der Waals surface area (Å²) in [4.78, 5) is 24.5. The molecule has 0 radical (unpaired) electrons. The van der Waals surface area contributed by atoms with Crippen molar-refractivity contribution in [2.45, 2.75) is 59.2 Å². The summed E-state index contributed by atoms with van der Waals surface area (Å²) < 4.78 is 5.28. The lowest BCUT2D eigenvalue weighted by molar-refractivity contribution is -0.161. The van der Waals surface area contributed by atoms with Crippen LogP contribution in [0.3, 0.4) is 0 Å². The summed E-state index contributed by atoms with van der Waals surface area (Å²) in [7, 11) is 0. The minimum Gasteiger partial charge on any atom is -0.459 e. The van der Waals surface area contributed by atoms with Crippen molar-refractivity contribution in [3.63, 3.8) is 0 Å². The van der Waals surface area contributed by atoms with Gasteiger partial charge in [-0.3, -0.25) is 14.5 Å². The quantitative estimate of drug-likeness (QED) is 0.730. The van der Waals surface area contributed by atoms with Crippen molar-refractivity contribution < 1.29 is 14.3 Å². The SMILES string of the molecule is CC(C)N(CC(N)=O)C(C)C(=O)OC(C)(C)C. The van der Waals surface area contributed by atoms with Gasteiger partial charge in [0.25, 0.3) is 0 Å². The van der Waals surface area contributed by atoms with Crippen LogP contribution in [0.2, 0.25) is 0 Å². The zero-order chi connectivity index (χ0) is 13.8. The Morgan fingerprint density at radius 1 is 1.24 bits per heavy atom. The topological polar surface area (TPSA) is 72.6 Å². The number of carbonyl (C=O) groups is 2. The molecule has 0 saturated carbocycles. The molecule has 0 spiro atoms. The second-order valence-electron chi connectivity index (χ2n) is 5.44. The van der Waals surface area contributed by atoms with E-state index in [4.69, 9.17) is 10.5 Å². The van der Waals surface area contributed by atoms with Crippen LogP contribution >= 0.6 is 0 Å². The van der Waals surface area contributed by atoms with Gasteiger partial charge in [-0.2, -0.15) is 0 Å². The third kappa shape index (κ3) is 6.26. The first-order valence-electron chi connectivity index (χ1n) is 5.81. The summed E-state index contributed by atoms with van der Waals surface area (Å²) in [5, 5.41) is 0. The van der Waals surface area contributed by atoms with Gasteiger partial charge in [0.05, 0.1) is 6.54 Å². The van der Waals surface area contributed by atoms with Gasteiger partial charge in [-0.05, 0) is 41.5 Å². The third-order valence-corrected chi connectivity index (χ3v) is 2.25. The number of esters is 1. The minimum atomic E-state index is -0.527. The van der Waals surface area contributed by atoms with Gasteiger partial charge >= 0.3 is 5.97 Å². The van der Waals surface area contributed by atoms with Crippen LogP contribution in [-0.2, 0) is 14.3 Å². The van der Waals surface area contributed by atoms with Gasteiger partial charge in [-0.15, -0.1) is 0 Å². The molecule has 0 rings (SSSR count). The Bertz CT molecular complexity index is 282. The van der Waals surface area contributed by atoms with Crippen molar-refractivity contribution in [1.82, 2.24) is 4.90 Å². The highest BCUT2D eigenvalue weighted by molar-refractivity contribution is 5.79. The van der Waals surface area contributed by atoms with Gasteiger partial charge in [0, 0.05) is 6.04 Å². The van der Waals surface area contributed by atoms with Crippen LogP contribution in [0.15, 0.2) is 0 Å². The first-order chi connectivity index (χ1) is 7.54. The van der Waals surface area contributed by atoms with E-state index in [0.29, 0.717) is 0 Å². The normalized spacial score (nSPS) is 13.9. The molecule has 0 aliphatic rings. The molecule has 5 heteroatoms. The van der Waals surface area contributed by atoms with Crippen LogP contribution in [0, 0.1) is 0 Å². The highest BCUT2D eigenvalue weighted by Crippen LogP contribution is 2.13. The van der Waals surface area contributed by atoms with Gasteiger partial charge in [0.1, 0.15) is 11.6 Å². The van der Waals surface area contributed by atoms with E-state index in [-0.39, 0.29) is 18.6 Å². The number of carbonyl (C=O) groups excluding carboxylic acids is 2. The van der Waals surface area contributed by atoms with Crippen molar-refractivity contribution in [3.8, 4) is 0 Å². The molecule has 0 aliphatic heterocycles. The molecule has 17 heavy (non-hydrogen) atoms. The van der Waals surface area contributed by atoms with E-state index in [1.54, 1.807) is 11.8 Å². The third-order valence-electron chi connectivity index (χ3n) is 2.25. The summed E-state index contributed by atoms with van der Waals surface area (Å²) in [6, 6.07) is -0.438. The minimum absolute atomic E-state index is 0.0463. The summed E-state index contributed by atoms with van der Waals surface area (Å²) in [6.45, 7) is 11.0. The zero-order valence-corrected chi connectivity index (χ0v) is 11.6. The Morgan fingerprint density at radius 3 is 2.00 bits per heavy atom. The fourth-order valence-electron chi connectivity index (χ4n) is 1.47. The van der Waals surface area contributed by atoms with E-state index in [9.17, 15) is 9.59 Å². The summed E-state index contributed by atoms with van der Waals surface area (Å²) >= 11 is 0. The smallest absolute Gasteiger partial charge is 0.323 e. The maximum absolute atomic E-state index is 11.9. The maximum Gasteiger partial charge on any atom is 0.323 e. The molecular weight excluding hydrogens is 220 g/mol. The molecule has 1 amide bonds. The number of rotatable bonds is 5. The van der Waals surface area contributed by atoms with E-state index >= 15 is 0 Å². The molecule has 5 nitrogen and oxygen atoms in total. The zero-order valence-electron chi connectivity index (χ0n) is 11.6. The molecule has 0 bridgehead atoms. The predicted octanol–water partition coefficient (Wildman–Crippen LogP) is 0.912. The maximum atomic E-state index is 11.9. The van der Waals surface area contributed by atoms with E-state index in [0.717, 1.165) is 0 Å². The van der Waals surface area contributed by atoms with Crippen molar-refractivity contribution >= 4 is 11.9 Å². The molecule has 0 aromatic heterocycles. The number of nitrogens with zero attached hydrogens (tertiary/aromatic N) is 1. The Morgan fingerprint density at radius 2 is 1.71 bits per heavy atom. The predicted molar refractivity (Wildman–Crippen MR) is 66.3 cm³/mol. The monoisotopic (exact) mass is 244 g/mol. The van der Waals surface area contributed by atoms with Crippen molar-refractivity contribution in [3.05, 3.63) is 0 Å². The molecular formula is C12H24N2O3. The second kappa shape index (κ2) is 6.00. The molecule has 2 N–H and O–H groups in total. The Balaban J connectivity index is 4.66. The van der Waals surface area contributed by atoms with Crippen molar-refractivity contribution in [1.29, 1.82) is 0 Å². The lowest BCUT2D eigenvalue weighted by Gasteiger charge is -2.32. The summed E-state index contributed by atoms with van der Waals surface area (Å²) in [5.41, 5.74) is 4.64. The molecule has 0 fully saturated rings. The van der Waals surface area contributed by atoms with E-state index in [1.807, 2.05) is 34.6 Å². The highest BCUT2D eigenvalue weighted by Gasteiger charge is 2.28. The van der Waals surface area contributed by atoms with E-state index in [1.165, 1.54) is 0 Å². The first kappa shape index (κ1) is 15.9. The van der Waals surface area contributed by atoms with Gasteiger partial charge in [0.2, 0.25) is 5.91 Å². The molecule has 0 aromatic rings.